The average Bonchev–Trinajstić information content (AvgIpc) is 2.71. The lowest BCUT2D eigenvalue weighted by molar-refractivity contribution is -0.142. The van der Waals surface area contributed by atoms with Crippen LogP contribution in [0.5, 0.6) is 0 Å². The van der Waals surface area contributed by atoms with E-state index in [0.29, 0.717) is 6.07 Å². The Hall–Kier alpha value is -3.32. The van der Waals surface area contributed by atoms with Crippen LogP contribution < -0.4 is 5.32 Å². The Morgan fingerprint density at radius 1 is 1.03 bits per heavy atom. The molecule has 0 aliphatic carbocycles. The Kier molecular flexibility index (Phi) is 6.42. The third-order valence-corrected chi connectivity index (χ3v) is 4.47. The van der Waals surface area contributed by atoms with Gasteiger partial charge < -0.3 is 10.1 Å². The molecule has 0 unspecified atom stereocenters. The zero-order chi connectivity index (χ0) is 21.7. The highest BCUT2D eigenvalue weighted by Gasteiger charge is 2.31. The fraction of sp³-hybridized carbons (Fsp3) is 0.0909. The summed E-state index contributed by atoms with van der Waals surface area (Å²) in [6.45, 7) is -0.675. The first-order valence-electron chi connectivity index (χ1n) is 8.73. The van der Waals surface area contributed by atoms with E-state index in [2.05, 4.69) is 5.32 Å². The molecule has 0 heterocycles. The molecule has 0 fully saturated rings. The summed E-state index contributed by atoms with van der Waals surface area (Å²) in [5.41, 5.74) is -0.388. The fourth-order valence-electron chi connectivity index (χ4n) is 2.72. The van der Waals surface area contributed by atoms with Crippen LogP contribution in [0.4, 0.5) is 18.9 Å². The third-order valence-electron chi connectivity index (χ3n) is 4.14. The SMILES string of the molecule is O=C(COC(=O)C=Cc1cccc2ccccc12)Nc1cc(C(F)(F)F)ccc1Cl. The number of benzene rings is 3. The van der Waals surface area contributed by atoms with Crippen molar-refractivity contribution in [1.82, 2.24) is 0 Å². The van der Waals surface area contributed by atoms with E-state index in [4.69, 9.17) is 16.3 Å². The lowest BCUT2D eigenvalue weighted by Gasteiger charge is -2.11. The zero-order valence-corrected chi connectivity index (χ0v) is 16.1. The largest absolute Gasteiger partial charge is 0.452 e. The molecular formula is C22H15ClF3NO3. The minimum Gasteiger partial charge on any atom is -0.452 e. The highest BCUT2D eigenvalue weighted by molar-refractivity contribution is 6.33. The predicted molar refractivity (Wildman–Crippen MR) is 109 cm³/mol. The lowest BCUT2D eigenvalue weighted by Crippen LogP contribution is -2.20. The molecular weight excluding hydrogens is 419 g/mol. The van der Waals surface area contributed by atoms with Gasteiger partial charge in [-0.25, -0.2) is 4.79 Å². The van der Waals surface area contributed by atoms with Crippen molar-refractivity contribution in [2.75, 3.05) is 11.9 Å². The maximum absolute atomic E-state index is 12.8. The molecule has 8 heteroatoms. The van der Waals surface area contributed by atoms with Crippen LogP contribution in [0.3, 0.4) is 0 Å². The Morgan fingerprint density at radius 2 is 1.77 bits per heavy atom. The number of fused-ring (bicyclic) bond motifs is 1. The van der Waals surface area contributed by atoms with Crippen LogP contribution in [0.15, 0.2) is 66.7 Å². The summed E-state index contributed by atoms with van der Waals surface area (Å²) in [4.78, 5) is 23.8. The number of rotatable bonds is 5. The van der Waals surface area contributed by atoms with Gasteiger partial charge in [0.25, 0.3) is 5.91 Å². The van der Waals surface area contributed by atoms with Crippen molar-refractivity contribution in [3.8, 4) is 0 Å². The number of esters is 1. The molecule has 0 spiro atoms. The molecule has 0 aliphatic heterocycles. The molecule has 3 aromatic rings. The van der Waals surface area contributed by atoms with Crippen LogP contribution in [0.2, 0.25) is 5.02 Å². The molecule has 3 aromatic carbocycles. The Morgan fingerprint density at radius 3 is 2.53 bits per heavy atom. The van der Waals surface area contributed by atoms with Crippen molar-refractivity contribution in [3.05, 3.63) is 82.9 Å². The number of amides is 1. The monoisotopic (exact) mass is 433 g/mol. The van der Waals surface area contributed by atoms with Gasteiger partial charge in [0, 0.05) is 6.08 Å². The summed E-state index contributed by atoms with van der Waals surface area (Å²) in [5, 5.41) is 4.08. The van der Waals surface area contributed by atoms with Crippen LogP contribution in [-0.2, 0) is 20.5 Å². The van der Waals surface area contributed by atoms with E-state index >= 15 is 0 Å². The quantitative estimate of drug-likeness (QED) is 0.414. The number of anilines is 1. The topological polar surface area (TPSA) is 55.4 Å². The van der Waals surface area contributed by atoms with E-state index in [1.165, 1.54) is 6.08 Å². The van der Waals surface area contributed by atoms with E-state index < -0.39 is 30.2 Å². The maximum atomic E-state index is 12.8. The van der Waals surface area contributed by atoms with Crippen LogP contribution in [0.25, 0.3) is 16.8 Å². The first kappa shape index (κ1) is 21.4. The number of nitrogens with one attached hydrogen (secondary N) is 1. The van der Waals surface area contributed by atoms with Gasteiger partial charge in [0.1, 0.15) is 0 Å². The van der Waals surface area contributed by atoms with E-state index in [9.17, 15) is 22.8 Å². The molecule has 1 N–H and O–H groups in total. The first-order chi connectivity index (χ1) is 14.2. The average molecular weight is 434 g/mol. The highest BCUT2D eigenvalue weighted by Crippen LogP contribution is 2.33. The lowest BCUT2D eigenvalue weighted by atomic mass is 10.0. The van der Waals surface area contributed by atoms with Crippen molar-refractivity contribution >= 4 is 46.0 Å². The van der Waals surface area contributed by atoms with E-state index in [0.717, 1.165) is 28.5 Å². The van der Waals surface area contributed by atoms with Crippen molar-refractivity contribution in [1.29, 1.82) is 0 Å². The molecule has 0 aromatic heterocycles. The number of halogens is 4. The Balaban J connectivity index is 1.60. The summed E-state index contributed by atoms with van der Waals surface area (Å²) in [6, 6.07) is 15.8. The van der Waals surface area contributed by atoms with Gasteiger partial charge in [-0.2, -0.15) is 13.2 Å². The number of carbonyl (C=O) groups is 2. The summed E-state index contributed by atoms with van der Waals surface area (Å²) in [7, 11) is 0. The second-order valence-corrected chi connectivity index (χ2v) is 6.66. The number of hydrogen-bond donors (Lipinski definition) is 1. The van der Waals surface area contributed by atoms with Crippen molar-refractivity contribution in [3.63, 3.8) is 0 Å². The van der Waals surface area contributed by atoms with Gasteiger partial charge in [-0.05, 0) is 40.6 Å². The van der Waals surface area contributed by atoms with Gasteiger partial charge in [0.2, 0.25) is 0 Å². The van der Waals surface area contributed by atoms with Crippen LogP contribution >= 0.6 is 11.6 Å². The summed E-state index contributed by atoms with van der Waals surface area (Å²) >= 11 is 5.82. The van der Waals surface area contributed by atoms with Crippen molar-refractivity contribution in [2.24, 2.45) is 0 Å². The van der Waals surface area contributed by atoms with Gasteiger partial charge in [0.05, 0.1) is 16.3 Å². The van der Waals surface area contributed by atoms with Crippen LogP contribution in [-0.4, -0.2) is 18.5 Å². The molecule has 0 atom stereocenters. The fourth-order valence-corrected chi connectivity index (χ4v) is 2.89. The number of alkyl halides is 3. The number of carbonyl (C=O) groups excluding carboxylic acids is 2. The molecule has 0 saturated carbocycles. The van der Waals surface area contributed by atoms with Gasteiger partial charge >= 0.3 is 12.1 Å². The minimum atomic E-state index is -4.58. The standard InChI is InChI=1S/C22H15ClF3NO3/c23-18-10-9-16(22(24,25)26)12-19(18)27-20(28)13-30-21(29)11-8-15-6-3-5-14-4-1-2-7-17(14)15/h1-12H,13H2,(H,27,28). The second-order valence-electron chi connectivity index (χ2n) is 6.25. The Bertz CT molecular complexity index is 1120. The normalized spacial score (nSPS) is 11.6. The third kappa shape index (κ3) is 5.39. The minimum absolute atomic E-state index is 0.0708. The molecule has 30 heavy (non-hydrogen) atoms. The van der Waals surface area contributed by atoms with Crippen molar-refractivity contribution < 1.29 is 27.5 Å². The van der Waals surface area contributed by atoms with Crippen LogP contribution in [0, 0.1) is 0 Å². The highest BCUT2D eigenvalue weighted by atomic mass is 35.5. The molecule has 154 valence electrons. The van der Waals surface area contributed by atoms with Crippen LogP contribution in [0.1, 0.15) is 11.1 Å². The maximum Gasteiger partial charge on any atom is 0.416 e. The van der Waals surface area contributed by atoms with Gasteiger partial charge in [-0.3, -0.25) is 4.79 Å². The molecule has 1 amide bonds. The second kappa shape index (κ2) is 9.00. The summed E-state index contributed by atoms with van der Waals surface area (Å²) in [6.07, 6.45) is -1.85. The number of ether oxygens (including phenoxy) is 1. The first-order valence-corrected chi connectivity index (χ1v) is 9.11. The number of hydrogen-bond acceptors (Lipinski definition) is 3. The molecule has 0 saturated heterocycles. The molecule has 4 nitrogen and oxygen atoms in total. The van der Waals surface area contributed by atoms with Crippen molar-refractivity contribution in [2.45, 2.75) is 6.18 Å². The molecule has 0 radical (unpaired) electrons. The van der Waals surface area contributed by atoms with E-state index in [1.54, 1.807) is 6.08 Å². The molecule has 0 bridgehead atoms. The van der Waals surface area contributed by atoms with E-state index in [1.807, 2.05) is 42.5 Å². The predicted octanol–water partition coefficient (Wildman–Crippen LogP) is 5.71. The smallest absolute Gasteiger partial charge is 0.416 e. The van der Waals surface area contributed by atoms with Gasteiger partial charge in [-0.15, -0.1) is 0 Å². The van der Waals surface area contributed by atoms with Gasteiger partial charge in [0.15, 0.2) is 6.61 Å². The summed E-state index contributed by atoms with van der Waals surface area (Å²) < 4.78 is 43.2. The molecule has 3 rings (SSSR count). The zero-order valence-electron chi connectivity index (χ0n) is 15.4. The van der Waals surface area contributed by atoms with E-state index in [-0.39, 0.29) is 10.7 Å². The molecule has 0 aliphatic rings. The van der Waals surface area contributed by atoms with Gasteiger partial charge in [-0.1, -0.05) is 54.1 Å². The summed E-state index contributed by atoms with van der Waals surface area (Å²) in [5.74, 6) is -1.59. The Labute approximate surface area is 174 Å².